The molecule has 1 N–H and O–H groups in total. The zero-order valence-corrected chi connectivity index (χ0v) is 17.5. The topological polar surface area (TPSA) is 83.0 Å². The van der Waals surface area contributed by atoms with E-state index in [0.717, 1.165) is 30.6 Å². The van der Waals surface area contributed by atoms with E-state index < -0.39 is 11.5 Å². The van der Waals surface area contributed by atoms with Gasteiger partial charge in [-0.3, -0.25) is 14.6 Å². The average molecular weight is 421 g/mol. The lowest BCUT2D eigenvalue weighted by Gasteiger charge is -2.51. The van der Waals surface area contributed by atoms with Crippen LogP contribution < -0.4 is 4.74 Å². The van der Waals surface area contributed by atoms with Gasteiger partial charge < -0.3 is 19.6 Å². The van der Waals surface area contributed by atoms with Crippen LogP contribution in [0.2, 0.25) is 0 Å². The molecule has 0 aliphatic carbocycles. The Morgan fingerprint density at radius 3 is 2.58 bits per heavy atom. The van der Waals surface area contributed by atoms with Gasteiger partial charge >= 0.3 is 0 Å². The number of amides is 2. The number of carbonyl (C=O) groups is 2. The van der Waals surface area contributed by atoms with E-state index in [-0.39, 0.29) is 11.8 Å². The van der Waals surface area contributed by atoms with E-state index in [9.17, 15) is 14.7 Å². The molecule has 2 aromatic rings. The molecule has 0 saturated carbocycles. The smallest absolute Gasteiger partial charge is 0.253 e. The predicted octanol–water partition coefficient (Wildman–Crippen LogP) is 2.15. The van der Waals surface area contributed by atoms with Gasteiger partial charge in [0.2, 0.25) is 0 Å². The van der Waals surface area contributed by atoms with Gasteiger partial charge in [0.05, 0.1) is 12.7 Å². The molecule has 1 spiro atoms. The third kappa shape index (κ3) is 3.67. The van der Waals surface area contributed by atoms with Crippen molar-refractivity contribution in [1.82, 2.24) is 14.8 Å². The van der Waals surface area contributed by atoms with Crippen LogP contribution in [0.3, 0.4) is 0 Å². The Hall–Kier alpha value is -2.93. The predicted molar refractivity (Wildman–Crippen MR) is 114 cm³/mol. The van der Waals surface area contributed by atoms with E-state index in [2.05, 4.69) is 4.98 Å². The van der Waals surface area contributed by atoms with Gasteiger partial charge in [0, 0.05) is 61.5 Å². The van der Waals surface area contributed by atoms with Gasteiger partial charge in [-0.2, -0.15) is 0 Å². The minimum atomic E-state index is -0.530. The quantitative estimate of drug-likeness (QED) is 0.803. The standard InChI is InChI=1S/C24H27N3O4/c28-21-6-12-27(23(30)19-2-3-20-18(14-19)7-13-31-20)16-24(21)8-1-11-26(15-24)22(29)17-4-9-25-10-5-17/h2-5,9-10,14,21,28H,1,6-8,11-13,15-16H2/t21-,24+/m0/s1. The minimum Gasteiger partial charge on any atom is -0.493 e. The number of hydrogen-bond acceptors (Lipinski definition) is 5. The van der Waals surface area contributed by atoms with Crippen molar-refractivity contribution in [2.45, 2.75) is 31.8 Å². The van der Waals surface area contributed by atoms with Gasteiger partial charge in [0.15, 0.2) is 0 Å². The molecular formula is C24H27N3O4. The first-order valence-corrected chi connectivity index (χ1v) is 11.0. The summed E-state index contributed by atoms with van der Waals surface area (Å²) in [5.41, 5.74) is 1.85. The summed E-state index contributed by atoms with van der Waals surface area (Å²) in [5, 5.41) is 10.9. The Kier molecular flexibility index (Phi) is 5.14. The van der Waals surface area contributed by atoms with E-state index in [0.29, 0.717) is 50.3 Å². The molecular weight excluding hydrogens is 394 g/mol. The number of likely N-dealkylation sites (tertiary alicyclic amines) is 2. The molecule has 1 aromatic carbocycles. The Morgan fingerprint density at radius 1 is 1.03 bits per heavy atom. The normalized spacial score (nSPS) is 25.3. The molecule has 2 amide bonds. The molecule has 162 valence electrons. The molecule has 0 bridgehead atoms. The summed E-state index contributed by atoms with van der Waals surface area (Å²) in [6.45, 7) is 2.76. The number of piperidine rings is 2. The van der Waals surface area contributed by atoms with Gasteiger partial charge in [-0.25, -0.2) is 0 Å². The highest BCUT2D eigenvalue weighted by Gasteiger charge is 2.47. The van der Waals surface area contributed by atoms with E-state index in [4.69, 9.17) is 4.74 Å². The van der Waals surface area contributed by atoms with Crippen molar-refractivity contribution in [3.05, 3.63) is 59.4 Å². The minimum absolute atomic E-state index is 0.0152. The molecule has 1 aromatic heterocycles. The number of benzene rings is 1. The fourth-order valence-electron chi connectivity index (χ4n) is 5.24. The second kappa shape index (κ2) is 7.96. The summed E-state index contributed by atoms with van der Waals surface area (Å²) in [6.07, 6.45) is 5.66. The van der Waals surface area contributed by atoms with E-state index in [1.54, 1.807) is 24.5 Å². The highest BCUT2D eigenvalue weighted by molar-refractivity contribution is 5.95. The van der Waals surface area contributed by atoms with Crippen molar-refractivity contribution in [3.63, 3.8) is 0 Å². The number of aliphatic hydroxyl groups excluding tert-OH is 1. The second-order valence-electron chi connectivity index (χ2n) is 8.88. The lowest BCUT2D eigenvalue weighted by Crippen LogP contribution is -2.60. The summed E-state index contributed by atoms with van der Waals surface area (Å²) in [6, 6.07) is 9.06. The molecule has 4 heterocycles. The second-order valence-corrected chi connectivity index (χ2v) is 8.88. The van der Waals surface area contributed by atoms with Crippen molar-refractivity contribution >= 4 is 11.8 Å². The zero-order chi connectivity index (χ0) is 21.4. The van der Waals surface area contributed by atoms with Crippen LogP contribution in [-0.4, -0.2) is 70.6 Å². The van der Waals surface area contributed by atoms with Crippen molar-refractivity contribution in [2.24, 2.45) is 5.41 Å². The third-order valence-electron chi connectivity index (χ3n) is 6.93. The summed E-state index contributed by atoms with van der Waals surface area (Å²) in [7, 11) is 0. The fraction of sp³-hybridized carbons (Fsp3) is 0.458. The number of aliphatic hydroxyl groups is 1. The van der Waals surface area contributed by atoms with E-state index in [1.807, 2.05) is 28.0 Å². The van der Waals surface area contributed by atoms with Crippen molar-refractivity contribution < 1.29 is 19.4 Å². The van der Waals surface area contributed by atoms with Crippen LogP contribution in [-0.2, 0) is 6.42 Å². The van der Waals surface area contributed by atoms with Crippen LogP contribution in [0.1, 0.15) is 45.5 Å². The van der Waals surface area contributed by atoms with Gasteiger partial charge in [-0.1, -0.05) is 0 Å². The van der Waals surface area contributed by atoms with Gasteiger partial charge in [-0.05, 0) is 55.2 Å². The molecule has 3 aliphatic heterocycles. The molecule has 0 unspecified atom stereocenters. The number of aromatic nitrogens is 1. The Balaban J connectivity index is 1.35. The Morgan fingerprint density at radius 2 is 1.77 bits per heavy atom. The highest BCUT2D eigenvalue weighted by atomic mass is 16.5. The van der Waals surface area contributed by atoms with Crippen molar-refractivity contribution in [3.8, 4) is 5.75 Å². The summed E-state index contributed by atoms with van der Waals surface area (Å²) < 4.78 is 5.55. The first kappa shape index (κ1) is 20.0. The molecule has 2 atom stereocenters. The van der Waals surface area contributed by atoms with Crippen LogP contribution in [0.25, 0.3) is 0 Å². The van der Waals surface area contributed by atoms with Crippen molar-refractivity contribution in [2.75, 3.05) is 32.8 Å². The van der Waals surface area contributed by atoms with Crippen LogP contribution in [0.4, 0.5) is 0 Å². The van der Waals surface area contributed by atoms with E-state index >= 15 is 0 Å². The largest absolute Gasteiger partial charge is 0.493 e. The van der Waals surface area contributed by atoms with Crippen LogP contribution >= 0.6 is 0 Å². The first-order valence-electron chi connectivity index (χ1n) is 11.0. The number of hydrogen-bond donors (Lipinski definition) is 1. The maximum Gasteiger partial charge on any atom is 0.253 e. The lowest BCUT2D eigenvalue weighted by molar-refractivity contribution is -0.0709. The van der Waals surface area contributed by atoms with Gasteiger partial charge in [0.1, 0.15) is 5.75 Å². The first-order chi connectivity index (χ1) is 15.1. The fourth-order valence-corrected chi connectivity index (χ4v) is 5.24. The lowest BCUT2D eigenvalue weighted by atomic mass is 9.71. The van der Waals surface area contributed by atoms with Crippen LogP contribution in [0.15, 0.2) is 42.7 Å². The van der Waals surface area contributed by atoms with Gasteiger partial charge in [-0.15, -0.1) is 0 Å². The molecule has 5 rings (SSSR count). The summed E-state index contributed by atoms with van der Waals surface area (Å²) in [4.78, 5) is 33.9. The van der Waals surface area contributed by atoms with E-state index in [1.165, 1.54) is 0 Å². The maximum atomic E-state index is 13.3. The zero-order valence-electron chi connectivity index (χ0n) is 17.5. The number of pyridine rings is 1. The highest BCUT2D eigenvalue weighted by Crippen LogP contribution is 2.40. The number of fused-ring (bicyclic) bond motifs is 1. The molecule has 2 fully saturated rings. The molecule has 0 radical (unpaired) electrons. The average Bonchev–Trinajstić information content (AvgIpc) is 3.29. The van der Waals surface area contributed by atoms with Crippen LogP contribution in [0, 0.1) is 5.41 Å². The Bertz CT molecular complexity index is 996. The number of nitrogens with zero attached hydrogens (tertiary/aromatic N) is 3. The summed E-state index contributed by atoms with van der Waals surface area (Å²) >= 11 is 0. The molecule has 3 aliphatic rings. The Labute approximate surface area is 181 Å². The number of carbonyl (C=O) groups excluding carboxylic acids is 2. The number of ether oxygens (including phenoxy) is 1. The summed E-state index contributed by atoms with van der Waals surface area (Å²) in [5.74, 6) is 0.800. The molecule has 7 nitrogen and oxygen atoms in total. The number of rotatable bonds is 2. The van der Waals surface area contributed by atoms with Gasteiger partial charge in [0.25, 0.3) is 11.8 Å². The third-order valence-corrected chi connectivity index (χ3v) is 6.93. The monoisotopic (exact) mass is 421 g/mol. The van der Waals surface area contributed by atoms with Crippen molar-refractivity contribution in [1.29, 1.82) is 0 Å². The maximum absolute atomic E-state index is 13.3. The van der Waals surface area contributed by atoms with Crippen LogP contribution in [0.5, 0.6) is 5.75 Å². The molecule has 2 saturated heterocycles. The molecule has 31 heavy (non-hydrogen) atoms. The molecule has 7 heteroatoms. The SMILES string of the molecule is O=C(c1ccncc1)N1CCC[C@@]2(C1)CN(C(=O)c1ccc3c(c1)CCO3)CC[C@@H]2O.